The van der Waals surface area contributed by atoms with Crippen LogP contribution in [0, 0.1) is 0 Å². The van der Waals surface area contributed by atoms with Gasteiger partial charge in [-0.3, -0.25) is 4.79 Å². The first-order valence-corrected chi connectivity index (χ1v) is 6.98. The van der Waals surface area contributed by atoms with Gasteiger partial charge in [0.25, 0.3) is 5.91 Å². The van der Waals surface area contributed by atoms with E-state index >= 15 is 0 Å². The van der Waals surface area contributed by atoms with Crippen LogP contribution in [0.4, 0.5) is 5.69 Å². The van der Waals surface area contributed by atoms with E-state index in [1.807, 2.05) is 53.1 Å². The van der Waals surface area contributed by atoms with Crippen molar-refractivity contribution in [2.75, 3.05) is 5.32 Å². The van der Waals surface area contributed by atoms with Gasteiger partial charge in [-0.25, -0.2) is 4.98 Å². The molecule has 3 rings (SSSR count). The molecule has 3 aromatic rings. The molecule has 1 aromatic carbocycles. The second-order valence-corrected chi connectivity index (χ2v) is 5.33. The number of nitrogens with one attached hydrogen (secondary N) is 1. The highest BCUT2D eigenvalue weighted by atomic mass is 16.1. The van der Waals surface area contributed by atoms with E-state index in [-0.39, 0.29) is 5.91 Å². The average Bonchev–Trinajstić information content (AvgIpc) is 2.91. The van der Waals surface area contributed by atoms with E-state index < -0.39 is 0 Å². The maximum Gasteiger partial charge on any atom is 0.275 e. The van der Waals surface area contributed by atoms with Crippen molar-refractivity contribution < 1.29 is 4.79 Å². The molecule has 2 aromatic heterocycles. The Kier molecular flexibility index (Phi) is 3.44. The molecule has 0 saturated heterocycles. The number of aromatic nitrogens is 2. The van der Waals surface area contributed by atoms with Gasteiger partial charge in [0, 0.05) is 18.1 Å². The molecule has 106 valence electrons. The van der Waals surface area contributed by atoms with Crippen molar-refractivity contribution in [1.82, 2.24) is 9.38 Å². The summed E-state index contributed by atoms with van der Waals surface area (Å²) in [5, 5.41) is 2.84. The van der Waals surface area contributed by atoms with E-state index in [4.69, 9.17) is 0 Å². The Labute approximate surface area is 123 Å². The lowest BCUT2D eigenvalue weighted by Crippen LogP contribution is -2.11. The van der Waals surface area contributed by atoms with Crippen LogP contribution in [-0.4, -0.2) is 15.3 Å². The van der Waals surface area contributed by atoms with Crippen molar-refractivity contribution in [3.8, 4) is 0 Å². The van der Waals surface area contributed by atoms with Crippen LogP contribution >= 0.6 is 0 Å². The highest BCUT2D eigenvalue weighted by molar-refractivity contribution is 6.03. The van der Waals surface area contributed by atoms with E-state index in [9.17, 15) is 4.79 Å². The molecule has 1 amide bonds. The van der Waals surface area contributed by atoms with E-state index in [1.165, 1.54) is 5.56 Å². The van der Waals surface area contributed by atoms with E-state index in [0.717, 1.165) is 11.3 Å². The highest BCUT2D eigenvalue weighted by Gasteiger charge is 2.11. The number of benzene rings is 1. The van der Waals surface area contributed by atoms with Crippen LogP contribution in [0.25, 0.3) is 5.65 Å². The Balaban J connectivity index is 1.88. The standard InChI is InChI=1S/C17H17N3O/c1-12(2)13-8-9-16-19-15(11-20(16)10-13)17(21)18-14-6-4-3-5-7-14/h3-12H,1-2H3,(H,18,21). The van der Waals surface area contributed by atoms with Crippen LogP contribution in [0.5, 0.6) is 0 Å². The Morgan fingerprint density at radius 2 is 1.86 bits per heavy atom. The molecule has 0 aliphatic rings. The van der Waals surface area contributed by atoms with Gasteiger partial charge in [0.1, 0.15) is 11.3 Å². The molecule has 4 nitrogen and oxygen atoms in total. The molecule has 1 N–H and O–H groups in total. The van der Waals surface area contributed by atoms with Crippen molar-refractivity contribution in [3.63, 3.8) is 0 Å². The molecule has 0 spiro atoms. The number of carbonyl (C=O) groups excluding carboxylic acids is 1. The molecule has 0 saturated carbocycles. The van der Waals surface area contributed by atoms with Crippen molar-refractivity contribution in [3.05, 3.63) is 66.1 Å². The number of fused-ring (bicyclic) bond motifs is 1. The third kappa shape index (κ3) is 2.79. The molecular weight excluding hydrogens is 262 g/mol. The molecular formula is C17H17N3O. The van der Waals surface area contributed by atoms with Crippen LogP contribution in [0.15, 0.2) is 54.9 Å². The molecule has 21 heavy (non-hydrogen) atoms. The van der Waals surface area contributed by atoms with Crippen LogP contribution in [-0.2, 0) is 0 Å². The first-order valence-electron chi connectivity index (χ1n) is 6.98. The lowest BCUT2D eigenvalue weighted by molar-refractivity contribution is 0.102. The zero-order valence-electron chi connectivity index (χ0n) is 12.1. The summed E-state index contributed by atoms with van der Waals surface area (Å²) in [6.45, 7) is 4.28. The Bertz CT molecular complexity index is 775. The summed E-state index contributed by atoms with van der Waals surface area (Å²) < 4.78 is 1.90. The number of hydrogen-bond donors (Lipinski definition) is 1. The molecule has 4 heteroatoms. The predicted molar refractivity (Wildman–Crippen MR) is 83.7 cm³/mol. The monoisotopic (exact) mass is 279 g/mol. The van der Waals surface area contributed by atoms with Gasteiger partial charge in [-0.05, 0) is 29.7 Å². The van der Waals surface area contributed by atoms with Crippen molar-refractivity contribution in [1.29, 1.82) is 0 Å². The van der Waals surface area contributed by atoms with Gasteiger partial charge in [0.15, 0.2) is 0 Å². The van der Waals surface area contributed by atoms with Gasteiger partial charge < -0.3 is 9.72 Å². The summed E-state index contributed by atoms with van der Waals surface area (Å²) >= 11 is 0. The van der Waals surface area contributed by atoms with Gasteiger partial charge >= 0.3 is 0 Å². The number of hydrogen-bond acceptors (Lipinski definition) is 2. The summed E-state index contributed by atoms with van der Waals surface area (Å²) in [7, 11) is 0. The minimum absolute atomic E-state index is 0.198. The molecule has 0 atom stereocenters. The molecule has 0 fully saturated rings. The van der Waals surface area contributed by atoms with E-state index in [0.29, 0.717) is 11.6 Å². The topological polar surface area (TPSA) is 46.4 Å². The second-order valence-electron chi connectivity index (χ2n) is 5.33. The molecule has 0 bridgehead atoms. The number of imidazole rings is 1. The van der Waals surface area contributed by atoms with Crippen LogP contribution in [0.1, 0.15) is 35.8 Å². The van der Waals surface area contributed by atoms with E-state index in [2.05, 4.69) is 24.1 Å². The van der Waals surface area contributed by atoms with Crippen LogP contribution < -0.4 is 5.32 Å². The molecule has 0 aliphatic heterocycles. The summed E-state index contributed by atoms with van der Waals surface area (Å²) in [6, 6.07) is 13.4. The fourth-order valence-corrected chi connectivity index (χ4v) is 2.18. The molecule has 0 unspecified atom stereocenters. The molecule has 2 heterocycles. The lowest BCUT2D eigenvalue weighted by atomic mass is 10.1. The maximum absolute atomic E-state index is 12.2. The van der Waals surface area contributed by atoms with E-state index in [1.54, 1.807) is 6.20 Å². The van der Waals surface area contributed by atoms with Gasteiger partial charge in [0.05, 0.1) is 0 Å². The van der Waals surface area contributed by atoms with Crippen molar-refractivity contribution in [2.24, 2.45) is 0 Å². The van der Waals surface area contributed by atoms with Crippen LogP contribution in [0.2, 0.25) is 0 Å². The highest BCUT2D eigenvalue weighted by Crippen LogP contribution is 2.16. The normalized spacial score (nSPS) is 11.0. The molecule has 0 radical (unpaired) electrons. The Morgan fingerprint density at radius 1 is 1.10 bits per heavy atom. The van der Waals surface area contributed by atoms with Gasteiger partial charge in [0.2, 0.25) is 0 Å². The third-order valence-corrected chi connectivity index (χ3v) is 3.40. The first-order chi connectivity index (χ1) is 10.1. The van der Waals surface area contributed by atoms with Crippen LogP contribution in [0.3, 0.4) is 0 Å². The number of anilines is 1. The maximum atomic E-state index is 12.2. The van der Waals surface area contributed by atoms with Gasteiger partial charge in [-0.2, -0.15) is 0 Å². The number of rotatable bonds is 3. The Hall–Kier alpha value is -2.62. The summed E-state index contributed by atoms with van der Waals surface area (Å²) in [6.07, 6.45) is 3.78. The minimum atomic E-state index is -0.198. The fraction of sp³-hybridized carbons (Fsp3) is 0.176. The lowest BCUT2D eigenvalue weighted by Gasteiger charge is -2.04. The van der Waals surface area contributed by atoms with Gasteiger partial charge in [-0.15, -0.1) is 0 Å². The largest absolute Gasteiger partial charge is 0.321 e. The summed E-state index contributed by atoms with van der Waals surface area (Å²) in [5.41, 5.74) is 3.18. The zero-order chi connectivity index (χ0) is 14.8. The SMILES string of the molecule is CC(C)c1ccc2nc(C(=O)Nc3ccccc3)cn2c1. The number of pyridine rings is 1. The minimum Gasteiger partial charge on any atom is -0.321 e. The smallest absolute Gasteiger partial charge is 0.275 e. The second kappa shape index (κ2) is 5.40. The van der Waals surface area contributed by atoms with Crippen molar-refractivity contribution in [2.45, 2.75) is 19.8 Å². The average molecular weight is 279 g/mol. The third-order valence-electron chi connectivity index (χ3n) is 3.40. The first kappa shape index (κ1) is 13.4. The zero-order valence-corrected chi connectivity index (χ0v) is 12.1. The van der Waals surface area contributed by atoms with Crippen molar-refractivity contribution >= 4 is 17.2 Å². The number of carbonyl (C=O) groups is 1. The quantitative estimate of drug-likeness (QED) is 0.794. The fourth-order valence-electron chi connectivity index (χ4n) is 2.18. The Morgan fingerprint density at radius 3 is 2.57 bits per heavy atom. The summed E-state index contributed by atoms with van der Waals surface area (Å²) in [5.74, 6) is 0.245. The van der Waals surface area contributed by atoms with Gasteiger partial charge in [-0.1, -0.05) is 38.1 Å². The summed E-state index contributed by atoms with van der Waals surface area (Å²) in [4.78, 5) is 16.6. The number of amides is 1. The predicted octanol–water partition coefficient (Wildman–Crippen LogP) is 3.71. The molecule has 0 aliphatic carbocycles. The number of nitrogens with zero attached hydrogens (tertiary/aromatic N) is 2. The number of para-hydroxylation sites is 1.